The molecular weight excluding hydrogens is 238 g/mol. The maximum atomic E-state index is 11.0. The third-order valence-electron chi connectivity index (χ3n) is 4.70. The minimum absolute atomic E-state index is 0.126. The molecule has 4 heteroatoms. The Morgan fingerprint density at radius 3 is 2.32 bits per heavy atom. The molecule has 1 aliphatic heterocycles. The molecule has 1 N–H and O–H groups in total. The number of piperazine rings is 1. The Balaban J connectivity index is 1.59. The van der Waals surface area contributed by atoms with Crippen LogP contribution in [0.4, 0.5) is 0 Å². The molecule has 0 spiro atoms. The molecule has 2 aliphatic rings. The molecule has 1 saturated heterocycles. The van der Waals surface area contributed by atoms with Crippen LogP contribution in [0.25, 0.3) is 0 Å². The van der Waals surface area contributed by atoms with Gasteiger partial charge in [-0.25, -0.2) is 0 Å². The highest BCUT2D eigenvalue weighted by atomic mass is 16.1. The summed E-state index contributed by atoms with van der Waals surface area (Å²) >= 11 is 0. The maximum Gasteiger partial charge on any atom is 0.217 e. The van der Waals surface area contributed by atoms with Crippen molar-refractivity contribution >= 4 is 5.91 Å². The number of nitrogens with zero attached hydrogens (tertiary/aromatic N) is 2. The second-order valence-electron chi connectivity index (χ2n) is 6.35. The highest BCUT2D eigenvalue weighted by Crippen LogP contribution is 2.27. The van der Waals surface area contributed by atoms with E-state index in [2.05, 4.69) is 22.2 Å². The first-order valence-electron chi connectivity index (χ1n) is 7.81. The van der Waals surface area contributed by atoms with Gasteiger partial charge in [-0.3, -0.25) is 4.79 Å². The summed E-state index contributed by atoms with van der Waals surface area (Å²) in [6, 6.07) is 0.442. The van der Waals surface area contributed by atoms with Crippen LogP contribution in [-0.4, -0.2) is 61.5 Å². The summed E-state index contributed by atoms with van der Waals surface area (Å²) in [6.07, 6.45) is 6.27. The van der Waals surface area contributed by atoms with Gasteiger partial charge >= 0.3 is 0 Å². The molecule has 1 saturated carbocycles. The van der Waals surface area contributed by atoms with Gasteiger partial charge in [0.15, 0.2) is 0 Å². The van der Waals surface area contributed by atoms with Crippen molar-refractivity contribution in [2.24, 2.45) is 5.92 Å². The van der Waals surface area contributed by atoms with Crippen LogP contribution < -0.4 is 5.32 Å². The van der Waals surface area contributed by atoms with E-state index in [0.29, 0.717) is 6.04 Å². The fraction of sp³-hybridized carbons (Fsp3) is 0.933. The topological polar surface area (TPSA) is 35.6 Å². The Hall–Kier alpha value is -0.610. The predicted molar refractivity (Wildman–Crippen MR) is 78.1 cm³/mol. The van der Waals surface area contributed by atoms with E-state index in [1.807, 2.05) is 0 Å². The molecule has 110 valence electrons. The molecule has 19 heavy (non-hydrogen) atoms. The van der Waals surface area contributed by atoms with Crippen molar-refractivity contribution in [1.29, 1.82) is 0 Å². The standard InChI is InChI=1S/C15H29N3O/c1-13(19)16-15-5-3-14(4-6-15)7-8-18-11-9-17(2)10-12-18/h14-15H,3-12H2,1-2H3,(H,16,19)/t14-,15-. The van der Waals surface area contributed by atoms with E-state index in [0.717, 1.165) is 5.92 Å². The molecule has 1 amide bonds. The lowest BCUT2D eigenvalue weighted by Gasteiger charge is -2.34. The number of hydrogen-bond donors (Lipinski definition) is 1. The van der Waals surface area contributed by atoms with Crippen LogP contribution in [0.3, 0.4) is 0 Å². The Kier molecular flexibility index (Phi) is 5.64. The number of hydrogen-bond acceptors (Lipinski definition) is 3. The Morgan fingerprint density at radius 2 is 1.74 bits per heavy atom. The van der Waals surface area contributed by atoms with Gasteiger partial charge in [-0.1, -0.05) is 0 Å². The quantitative estimate of drug-likeness (QED) is 0.834. The zero-order valence-electron chi connectivity index (χ0n) is 12.5. The normalized spacial score (nSPS) is 30.2. The average molecular weight is 267 g/mol. The van der Waals surface area contributed by atoms with Crippen LogP contribution in [-0.2, 0) is 4.79 Å². The van der Waals surface area contributed by atoms with E-state index < -0.39 is 0 Å². The van der Waals surface area contributed by atoms with Crippen molar-refractivity contribution < 1.29 is 4.79 Å². The Bertz CT molecular complexity index is 279. The molecule has 0 bridgehead atoms. The molecular formula is C15H29N3O. The lowest BCUT2D eigenvalue weighted by molar-refractivity contribution is -0.119. The van der Waals surface area contributed by atoms with E-state index in [4.69, 9.17) is 0 Å². The van der Waals surface area contributed by atoms with Gasteiger partial charge in [0.25, 0.3) is 0 Å². The molecule has 2 fully saturated rings. The smallest absolute Gasteiger partial charge is 0.217 e. The number of rotatable bonds is 4. The summed E-state index contributed by atoms with van der Waals surface area (Å²) in [5, 5.41) is 3.06. The van der Waals surface area contributed by atoms with Crippen LogP contribution in [0.1, 0.15) is 39.0 Å². The second-order valence-corrected chi connectivity index (χ2v) is 6.35. The maximum absolute atomic E-state index is 11.0. The van der Waals surface area contributed by atoms with E-state index in [1.165, 1.54) is 64.8 Å². The number of carbonyl (C=O) groups excluding carboxylic acids is 1. The molecule has 0 unspecified atom stereocenters. The Morgan fingerprint density at radius 1 is 1.11 bits per heavy atom. The molecule has 0 atom stereocenters. The number of nitrogens with one attached hydrogen (secondary N) is 1. The number of likely N-dealkylation sites (N-methyl/N-ethyl adjacent to an activating group) is 1. The second kappa shape index (κ2) is 7.25. The minimum atomic E-state index is 0.126. The number of carbonyl (C=O) groups is 1. The van der Waals surface area contributed by atoms with Gasteiger partial charge in [-0.05, 0) is 51.6 Å². The van der Waals surface area contributed by atoms with Crippen LogP contribution in [0.5, 0.6) is 0 Å². The summed E-state index contributed by atoms with van der Waals surface area (Å²) in [7, 11) is 2.21. The zero-order valence-corrected chi connectivity index (χ0v) is 12.5. The Labute approximate surface area is 117 Å². The molecule has 0 aromatic carbocycles. The third kappa shape index (κ3) is 5.11. The van der Waals surface area contributed by atoms with Crippen molar-refractivity contribution in [3.63, 3.8) is 0 Å². The average Bonchev–Trinajstić information content (AvgIpc) is 2.39. The SMILES string of the molecule is CC(=O)N[C@H]1CC[C@H](CCN2CCN(C)CC2)CC1. The van der Waals surface area contributed by atoms with E-state index in [-0.39, 0.29) is 5.91 Å². The highest BCUT2D eigenvalue weighted by Gasteiger charge is 2.22. The van der Waals surface area contributed by atoms with Gasteiger partial charge in [0.1, 0.15) is 0 Å². The van der Waals surface area contributed by atoms with Crippen LogP contribution >= 0.6 is 0 Å². The predicted octanol–water partition coefficient (Wildman–Crippen LogP) is 1.32. The summed E-state index contributed by atoms with van der Waals surface area (Å²) in [5.74, 6) is 1.01. The highest BCUT2D eigenvalue weighted by molar-refractivity contribution is 5.73. The summed E-state index contributed by atoms with van der Waals surface area (Å²) in [5.41, 5.74) is 0. The van der Waals surface area contributed by atoms with Crippen molar-refractivity contribution in [2.45, 2.75) is 45.1 Å². The first-order chi connectivity index (χ1) is 9.13. The third-order valence-corrected chi connectivity index (χ3v) is 4.70. The van der Waals surface area contributed by atoms with Crippen molar-refractivity contribution in [2.75, 3.05) is 39.8 Å². The molecule has 1 heterocycles. The fourth-order valence-electron chi connectivity index (χ4n) is 3.32. The summed E-state index contributed by atoms with van der Waals surface area (Å²) in [4.78, 5) is 16.1. The van der Waals surface area contributed by atoms with Gasteiger partial charge in [-0.2, -0.15) is 0 Å². The molecule has 2 rings (SSSR count). The molecule has 0 aromatic heterocycles. The van der Waals surface area contributed by atoms with Gasteiger partial charge in [0, 0.05) is 39.1 Å². The number of amides is 1. The van der Waals surface area contributed by atoms with Gasteiger partial charge in [-0.15, -0.1) is 0 Å². The first-order valence-corrected chi connectivity index (χ1v) is 7.81. The van der Waals surface area contributed by atoms with Gasteiger partial charge < -0.3 is 15.1 Å². The van der Waals surface area contributed by atoms with Crippen molar-refractivity contribution in [3.05, 3.63) is 0 Å². The lowest BCUT2D eigenvalue weighted by Crippen LogP contribution is -2.45. The molecule has 0 radical (unpaired) electrons. The largest absolute Gasteiger partial charge is 0.354 e. The lowest BCUT2D eigenvalue weighted by atomic mass is 9.84. The van der Waals surface area contributed by atoms with Crippen molar-refractivity contribution in [1.82, 2.24) is 15.1 Å². The zero-order chi connectivity index (χ0) is 13.7. The van der Waals surface area contributed by atoms with E-state index in [1.54, 1.807) is 6.92 Å². The fourth-order valence-corrected chi connectivity index (χ4v) is 3.32. The summed E-state index contributed by atoms with van der Waals surface area (Å²) < 4.78 is 0. The van der Waals surface area contributed by atoms with Gasteiger partial charge in [0.2, 0.25) is 5.91 Å². The molecule has 1 aliphatic carbocycles. The van der Waals surface area contributed by atoms with Crippen molar-refractivity contribution in [3.8, 4) is 0 Å². The van der Waals surface area contributed by atoms with Crippen LogP contribution in [0.2, 0.25) is 0 Å². The van der Waals surface area contributed by atoms with E-state index >= 15 is 0 Å². The monoisotopic (exact) mass is 267 g/mol. The van der Waals surface area contributed by atoms with Gasteiger partial charge in [0.05, 0.1) is 0 Å². The molecule has 0 aromatic rings. The molecule has 4 nitrogen and oxygen atoms in total. The summed E-state index contributed by atoms with van der Waals surface area (Å²) in [6.45, 7) is 7.79. The first kappa shape index (κ1) is 14.8. The minimum Gasteiger partial charge on any atom is -0.354 e. The van der Waals surface area contributed by atoms with Crippen LogP contribution in [0, 0.1) is 5.92 Å². The van der Waals surface area contributed by atoms with E-state index in [9.17, 15) is 4.79 Å². The van der Waals surface area contributed by atoms with Crippen LogP contribution in [0.15, 0.2) is 0 Å².